The van der Waals surface area contributed by atoms with Crippen LogP contribution in [0.2, 0.25) is 0 Å². The third kappa shape index (κ3) is 3.40. The summed E-state index contributed by atoms with van der Waals surface area (Å²) in [6, 6.07) is 1.64. The normalized spacial score (nSPS) is 40.9. The van der Waals surface area contributed by atoms with Crippen molar-refractivity contribution in [2.45, 2.75) is 64.5 Å². The Kier molecular flexibility index (Phi) is 5.02. The van der Waals surface area contributed by atoms with E-state index in [2.05, 4.69) is 30.9 Å². The van der Waals surface area contributed by atoms with Crippen LogP contribution in [0.25, 0.3) is 0 Å². The number of hydrogen-bond acceptors (Lipinski definition) is 2. The molecule has 1 aliphatic carbocycles. The average molecular weight is 241 g/mol. The van der Waals surface area contributed by atoms with Gasteiger partial charge in [-0.3, -0.25) is 0 Å². The molecule has 1 heterocycles. The van der Waals surface area contributed by atoms with Gasteiger partial charge in [0.25, 0.3) is 0 Å². The molecule has 1 aliphatic heterocycles. The van der Waals surface area contributed by atoms with Gasteiger partial charge in [0.05, 0.1) is 0 Å². The molecule has 16 heavy (non-hydrogen) atoms. The van der Waals surface area contributed by atoms with Crippen LogP contribution < -0.4 is 5.32 Å². The molecule has 2 rings (SSSR count). The van der Waals surface area contributed by atoms with E-state index in [4.69, 9.17) is 0 Å². The van der Waals surface area contributed by atoms with Crippen LogP contribution in [0.5, 0.6) is 0 Å². The summed E-state index contributed by atoms with van der Waals surface area (Å²) < 4.78 is 0. The molecule has 2 heteroatoms. The first-order valence-corrected chi connectivity index (χ1v) is 8.28. The van der Waals surface area contributed by atoms with E-state index in [0.717, 1.165) is 23.9 Å². The topological polar surface area (TPSA) is 12.0 Å². The predicted molar refractivity (Wildman–Crippen MR) is 74.1 cm³/mol. The van der Waals surface area contributed by atoms with Gasteiger partial charge in [0, 0.05) is 17.8 Å². The fourth-order valence-corrected chi connectivity index (χ4v) is 4.43. The molecule has 4 unspecified atom stereocenters. The maximum Gasteiger partial charge on any atom is 0.0161 e. The van der Waals surface area contributed by atoms with Gasteiger partial charge in [-0.2, -0.15) is 11.8 Å². The number of rotatable bonds is 3. The number of thioether (sulfide) groups is 1. The predicted octanol–water partition coefficient (Wildman–Crippen LogP) is 3.69. The van der Waals surface area contributed by atoms with Crippen molar-refractivity contribution in [3.8, 4) is 0 Å². The highest BCUT2D eigenvalue weighted by Gasteiger charge is 2.29. The molecular weight excluding hydrogens is 214 g/mol. The summed E-state index contributed by atoms with van der Waals surface area (Å²) in [5.74, 6) is 4.64. The molecule has 1 saturated carbocycles. The van der Waals surface area contributed by atoms with Crippen LogP contribution in [-0.4, -0.2) is 23.6 Å². The second kappa shape index (κ2) is 6.30. The van der Waals surface area contributed by atoms with Crippen LogP contribution in [0.15, 0.2) is 0 Å². The molecular formula is C14H27NS. The minimum Gasteiger partial charge on any atom is -0.310 e. The maximum absolute atomic E-state index is 3.96. The van der Waals surface area contributed by atoms with Gasteiger partial charge in [0.15, 0.2) is 0 Å². The van der Waals surface area contributed by atoms with E-state index in [-0.39, 0.29) is 0 Å². The molecule has 2 fully saturated rings. The van der Waals surface area contributed by atoms with Crippen LogP contribution in [0, 0.1) is 11.8 Å². The van der Waals surface area contributed by atoms with Crippen LogP contribution in [-0.2, 0) is 0 Å². The van der Waals surface area contributed by atoms with Crippen LogP contribution in [0.1, 0.15) is 52.4 Å². The Bertz CT molecular complexity index is 201. The highest BCUT2D eigenvalue weighted by Crippen LogP contribution is 2.32. The third-order valence-corrected chi connectivity index (χ3v) is 5.59. The molecule has 0 radical (unpaired) electrons. The largest absolute Gasteiger partial charge is 0.310 e. The minimum atomic E-state index is 0.811. The van der Waals surface area contributed by atoms with Crippen molar-refractivity contribution in [1.82, 2.24) is 5.32 Å². The molecule has 0 aromatic rings. The molecule has 0 amide bonds. The van der Waals surface area contributed by atoms with Gasteiger partial charge in [0.1, 0.15) is 0 Å². The quantitative estimate of drug-likeness (QED) is 0.809. The van der Waals surface area contributed by atoms with E-state index in [1.807, 2.05) is 0 Å². The first-order chi connectivity index (χ1) is 7.79. The lowest BCUT2D eigenvalue weighted by Gasteiger charge is -2.38. The van der Waals surface area contributed by atoms with E-state index in [9.17, 15) is 0 Å². The summed E-state index contributed by atoms with van der Waals surface area (Å²) in [4.78, 5) is 0. The van der Waals surface area contributed by atoms with Gasteiger partial charge in [-0.25, -0.2) is 0 Å². The minimum absolute atomic E-state index is 0.811. The molecule has 0 aromatic heterocycles. The van der Waals surface area contributed by atoms with E-state index >= 15 is 0 Å². The van der Waals surface area contributed by atoms with Gasteiger partial charge >= 0.3 is 0 Å². The highest BCUT2D eigenvalue weighted by molar-refractivity contribution is 7.99. The van der Waals surface area contributed by atoms with Crippen LogP contribution >= 0.6 is 11.8 Å². The standard InChI is InChI=1S/C14H27NS/c1-3-12-9-11(2)6-7-14(12)15-13-5-4-8-16-10-13/h11-15H,3-10H2,1-2H3. The van der Waals surface area contributed by atoms with Crippen molar-refractivity contribution in [3.63, 3.8) is 0 Å². The van der Waals surface area contributed by atoms with Gasteiger partial charge < -0.3 is 5.32 Å². The lowest BCUT2D eigenvalue weighted by atomic mass is 9.77. The third-order valence-electron chi connectivity index (χ3n) is 4.38. The fourth-order valence-electron chi connectivity index (χ4n) is 3.34. The van der Waals surface area contributed by atoms with Crippen LogP contribution in [0.3, 0.4) is 0 Å². The Morgan fingerprint density at radius 2 is 2.12 bits per heavy atom. The summed E-state index contributed by atoms with van der Waals surface area (Å²) in [6.07, 6.45) is 8.50. The molecule has 0 bridgehead atoms. The van der Waals surface area contributed by atoms with E-state index in [0.29, 0.717) is 0 Å². The zero-order valence-electron chi connectivity index (χ0n) is 10.9. The van der Waals surface area contributed by atoms with E-state index < -0.39 is 0 Å². The molecule has 4 atom stereocenters. The Morgan fingerprint density at radius 3 is 2.81 bits per heavy atom. The molecule has 1 N–H and O–H groups in total. The van der Waals surface area contributed by atoms with Gasteiger partial charge in [0.2, 0.25) is 0 Å². The van der Waals surface area contributed by atoms with Crippen molar-refractivity contribution in [2.24, 2.45) is 11.8 Å². The first-order valence-electron chi connectivity index (χ1n) is 7.13. The van der Waals surface area contributed by atoms with E-state index in [1.165, 1.54) is 50.0 Å². The van der Waals surface area contributed by atoms with Crippen molar-refractivity contribution in [1.29, 1.82) is 0 Å². The lowest BCUT2D eigenvalue weighted by Crippen LogP contribution is -2.47. The molecule has 1 nitrogen and oxygen atoms in total. The highest BCUT2D eigenvalue weighted by atomic mass is 32.2. The Hall–Kier alpha value is 0.310. The van der Waals surface area contributed by atoms with Gasteiger partial charge in [-0.05, 0) is 49.7 Å². The Morgan fingerprint density at radius 1 is 1.25 bits per heavy atom. The summed E-state index contributed by atoms with van der Waals surface area (Å²) in [5.41, 5.74) is 0. The maximum atomic E-state index is 3.96. The van der Waals surface area contributed by atoms with Crippen LogP contribution in [0.4, 0.5) is 0 Å². The zero-order valence-corrected chi connectivity index (χ0v) is 11.7. The number of nitrogens with one attached hydrogen (secondary N) is 1. The van der Waals surface area contributed by atoms with Crippen molar-refractivity contribution >= 4 is 11.8 Å². The molecule has 0 aromatic carbocycles. The Balaban J connectivity index is 1.82. The first kappa shape index (κ1) is 12.8. The zero-order chi connectivity index (χ0) is 11.4. The monoisotopic (exact) mass is 241 g/mol. The summed E-state index contributed by atoms with van der Waals surface area (Å²) in [7, 11) is 0. The van der Waals surface area contributed by atoms with Gasteiger partial charge in [-0.15, -0.1) is 0 Å². The second-order valence-corrected chi connectivity index (χ2v) is 6.92. The lowest BCUT2D eigenvalue weighted by molar-refractivity contribution is 0.195. The van der Waals surface area contributed by atoms with Crippen molar-refractivity contribution < 1.29 is 0 Å². The van der Waals surface area contributed by atoms with Crippen molar-refractivity contribution in [2.75, 3.05) is 11.5 Å². The molecule has 94 valence electrons. The summed E-state index contributed by atoms with van der Waals surface area (Å²) in [6.45, 7) is 4.79. The Labute approximate surface area is 105 Å². The van der Waals surface area contributed by atoms with Crippen molar-refractivity contribution in [3.05, 3.63) is 0 Å². The SMILES string of the molecule is CCC1CC(C)CCC1NC1CCCSC1. The second-order valence-electron chi connectivity index (χ2n) is 5.77. The molecule has 2 aliphatic rings. The summed E-state index contributed by atoms with van der Waals surface area (Å²) >= 11 is 2.14. The molecule has 0 spiro atoms. The smallest absolute Gasteiger partial charge is 0.0161 e. The molecule has 1 saturated heterocycles. The average Bonchev–Trinajstić information content (AvgIpc) is 2.33. The van der Waals surface area contributed by atoms with Gasteiger partial charge in [-0.1, -0.05) is 20.3 Å². The fraction of sp³-hybridized carbons (Fsp3) is 1.00. The number of hydrogen-bond donors (Lipinski definition) is 1. The van der Waals surface area contributed by atoms with E-state index in [1.54, 1.807) is 0 Å². The summed E-state index contributed by atoms with van der Waals surface area (Å²) in [5, 5.41) is 3.96.